The van der Waals surface area contributed by atoms with Crippen LogP contribution in [0, 0.1) is 0 Å². The number of H-pyrrole nitrogens is 1. The number of halogens is 2. The van der Waals surface area contributed by atoms with Gasteiger partial charge in [-0.25, -0.2) is 0 Å². The van der Waals surface area contributed by atoms with Crippen molar-refractivity contribution < 1.29 is 4.74 Å². The average molecular weight is 310 g/mol. The first kappa shape index (κ1) is 13.0. The number of aromatic nitrogens is 4. The van der Waals surface area contributed by atoms with Crippen LogP contribution in [0.1, 0.15) is 0 Å². The lowest BCUT2D eigenvalue weighted by atomic mass is 10.3. The van der Waals surface area contributed by atoms with Crippen molar-refractivity contribution in [2.24, 2.45) is 0 Å². The highest BCUT2D eigenvalue weighted by Crippen LogP contribution is 2.30. The summed E-state index contributed by atoms with van der Waals surface area (Å²) >= 11 is 11.9. The van der Waals surface area contributed by atoms with Gasteiger partial charge in [-0.3, -0.25) is 5.10 Å². The number of hydrogen-bond donors (Lipinski definition) is 2. The minimum absolute atomic E-state index is 0.130. The fraction of sp³-hybridized carbons (Fsp3) is 0.0833. The van der Waals surface area contributed by atoms with Gasteiger partial charge in [0.25, 0.3) is 0 Å². The Balaban J connectivity index is 2.02. The molecule has 0 aliphatic carbocycles. The predicted molar refractivity (Wildman–Crippen MR) is 78.0 cm³/mol. The van der Waals surface area contributed by atoms with Crippen molar-refractivity contribution in [1.82, 2.24) is 20.2 Å². The maximum atomic E-state index is 5.99. The molecule has 3 rings (SSSR count). The van der Waals surface area contributed by atoms with Crippen molar-refractivity contribution in [2.75, 3.05) is 12.4 Å². The number of rotatable bonds is 3. The quantitative estimate of drug-likeness (QED) is 0.725. The number of nitrogens with zero attached hydrogens (tertiary/aromatic N) is 3. The van der Waals surface area contributed by atoms with Gasteiger partial charge in [-0.05, 0) is 23.7 Å². The second kappa shape index (κ2) is 5.15. The summed E-state index contributed by atoms with van der Waals surface area (Å²) in [6, 6.07) is 5.31. The van der Waals surface area contributed by atoms with E-state index >= 15 is 0 Å². The topological polar surface area (TPSA) is 75.7 Å². The molecule has 2 heterocycles. The van der Waals surface area contributed by atoms with E-state index in [2.05, 4.69) is 25.5 Å². The van der Waals surface area contributed by atoms with E-state index in [1.807, 2.05) is 6.07 Å². The number of ether oxygens (including phenoxy) is 1. The Morgan fingerprint density at radius 3 is 2.90 bits per heavy atom. The molecule has 0 fully saturated rings. The zero-order chi connectivity index (χ0) is 14.1. The van der Waals surface area contributed by atoms with Crippen LogP contribution in [0.4, 0.5) is 11.5 Å². The summed E-state index contributed by atoms with van der Waals surface area (Å²) in [5.74, 6) is 1.12. The molecule has 1 aromatic carbocycles. The van der Waals surface area contributed by atoms with Crippen LogP contribution in [0.2, 0.25) is 10.3 Å². The average Bonchev–Trinajstić information content (AvgIpc) is 2.89. The molecule has 0 amide bonds. The van der Waals surface area contributed by atoms with Crippen LogP contribution in [-0.2, 0) is 0 Å². The van der Waals surface area contributed by atoms with Crippen LogP contribution in [-0.4, -0.2) is 27.3 Å². The summed E-state index contributed by atoms with van der Waals surface area (Å²) in [7, 11) is 1.56. The number of nitrogens with one attached hydrogen (secondary N) is 2. The summed E-state index contributed by atoms with van der Waals surface area (Å²) in [4.78, 5) is 8.19. The minimum atomic E-state index is 0.130. The molecule has 3 aromatic rings. The molecule has 0 aliphatic heterocycles. The fourth-order valence-electron chi connectivity index (χ4n) is 1.78. The number of benzene rings is 1. The Kier molecular flexibility index (Phi) is 3.33. The zero-order valence-corrected chi connectivity index (χ0v) is 11.8. The van der Waals surface area contributed by atoms with Crippen molar-refractivity contribution in [1.29, 1.82) is 0 Å². The Morgan fingerprint density at radius 2 is 2.10 bits per heavy atom. The molecular formula is C12H9Cl2N5O. The lowest BCUT2D eigenvalue weighted by Gasteiger charge is -2.09. The van der Waals surface area contributed by atoms with Crippen LogP contribution < -0.4 is 10.1 Å². The predicted octanol–water partition coefficient (Wildman–Crippen LogP) is 3.41. The van der Waals surface area contributed by atoms with Gasteiger partial charge < -0.3 is 10.1 Å². The first-order chi connectivity index (χ1) is 9.67. The number of anilines is 2. The number of hydrogen-bond acceptors (Lipinski definition) is 5. The third-order valence-corrected chi connectivity index (χ3v) is 3.18. The molecule has 0 bridgehead atoms. The molecule has 0 radical (unpaired) electrons. The molecule has 102 valence electrons. The zero-order valence-electron chi connectivity index (χ0n) is 10.3. The lowest BCUT2D eigenvalue weighted by molar-refractivity contribution is 0.415. The van der Waals surface area contributed by atoms with Crippen LogP contribution in [0.25, 0.3) is 11.0 Å². The largest absolute Gasteiger partial charge is 0.495 e. The second-order valence-electron chi connectivity index (χ2n) is 3.95. The number of fused-ring (bicyclic) bond motifs is 1. The molecule has 0 unspecified atom stereocenters. The van der Waals surface area contributed by atoms with Crippen molar-refractivity contribution in [3.8, 4) is 5.75 Å². The van der Waals surface area contributed by atoms with E-state index in [1.165, 1.54) is 0 Å². The maximum absolute atomic E-state index is 5.99. The normalized spacial score (nSPS) is 10.8. The van der Waals surface area contributed by atoms with Gasteiger partial charge in [-0.1, -0.05) is 11.6 Å². The molecule has 0 saturated heterocycles. The molecule has 0 atom stereocenters. The highest BCUT2D eigenvalue weighted by atomic mass is 35.5. The third-order valence-electron chi connectivity index (χ3n) is 2.70. The van der Waals surface area contributed by atoms with E-state index in [0.29, 0.717) is 22.2 Å². The molecule has 0 aliphatic rings. The standard InChI is InChI=1S/C12H9Cl2N5O/c1-20-9-4-6(2-3-8(9)13)16-10-7-5-15-19-11(7)18-12(14)17-10/h2-5H,1H3,(H2,15,16,17,18,19). The molecule has 2 aromatic heterocycles. The van der Waals surface area contributed by atoms with Gasteiger partial charge in [0.1, 0.15) is 11.6 Å². The van der Waals surface area contributed by atoms with Gasteiger partial charge in [0, 0.05) is 11.8 Å². The minimum Gasteiger partial charge on any atom is -0.495 e. The fourth-order valence-corrected chi connectivity index (χ4v) is 2.14. The Bertz CT molecular complexity index is 774. The molecule has 0 saturated carbocycles. The highest BCUT2D eigenvalue weighted by Gasteiger charge is 2.10. The van der Waals surface area contributed by atoms with Gasteiger partial charge in [0.15, 0.2) is 5.65 Å². The van der Waals surface area contributed by atoms with Gasteiger partial charge in [0.05, 0.1) is 23.7 Å². The van der Waals surface area contributed by atoms with Crippen molar-refractivity contribution in [3.63, 3.8) is 0 Å². The Hall–Kier alpha value is -2.05. The monoisotopic (exact) mass is 309 g/mol. The van der Waals surface area contributed by atoms with E-state index in [9.17, 15) is 0 Å². The molecule has 0 spiro atoms. The molecule has 6 nitrogen and oxygen atoms in total. The van der Waals surface area contributed by atoms with Crippen LogP contribution in [0.5, 0.6) is 5.75 Å². The van der Waals surface area contributed by atoms with Crippen LogP contribution in [0.3, 0.4) is 0 Å². The smallest absolute Gasteiger partial charge is 0.226 e. The SMILES string of the molecule is COc1cc(Nc2nc(Cl)nc3[nH]ncc23)ccc1Cl. The van der Waals surface area contributed by atoms with Crippen LogP contribution in [0.15, 0.2) is 24.4 Å². The second-order valence-corrected chi connectivity index (χ2v) is 4.69. The van der Waals surface area contributed by atoms with E-state index in [0.717, 1.165) is 11.1 Å². The van der Waals surface area contributed by atoms with Crippen molar-refractivity contribution in [2.45, 2.75) is 0 Å². The summed E-state index contributed by atoms with van der Waals surface area (Å²) in [6.45, 7) is 0. The Morgan fingerprint density at radius 1 is 1.25 bits per heavy atom. The van der Waals surface area contributed by atoms with Gasteiger partial charge in [-0.15, -0.1) is 0 Å². The van der Waals surface area contributed by atoms with Gasteiger partial charge in [0.2, 0.25) is 5.28 Å². The summed E-state index contributed by atoms with van der Waals surface area (Å²) in [5.41, 5.74) is 1.33. The summed E-state index contributed by atoms with van der Waals surface area (Å²) < 4.78 is 5.17. The highest BCUT2D eigenvalue weighted by molar-refractivity contribution is 6.32. The first-order valence-electron chi connectivity index (χ1n) is 5.64. The van der Waals surface area contributed by atoms with E-state index in [4.69, 9.17) is 27.9 Å². The van der Waals surface area contributed by atoms with Crippen LogP contribution >= 0.6 is 23.2 Å². The molecule has 2 N–H and O–H groups in total. The lowest BCUT2D eigenvalue weighted by Crippen LogP contribution is -1.97. The maximum Gasteiger partial charge on any atom is 0.226 e. The van der Waals surface area contributed by atoms with Crippen molar-refractivity contribution >= 4 is 45.7 Å². The third kappa shape index (κ3) is 2.35. The van der Waals surface area contributed by atoms with E-state index in [-0.39, 0.29) is 5.28 Å². The Labute approximate surface area is 124 Å². The van der Waals surface area contributed by atoms with Gasteiger partial charge in [-0.2, -0.15) is 15.1 Å². The van der Waals surface area contributed by atoms with Gasteiger partial charge >= 0.3 is 0 Å². The molecular weight excluding hydrogens is 301 g/mol. The summed E-state index contributed by atoms with van der Waals surface area (Å²) in [6.07, 6.45) is 1.63. The van der Waals surface area contributed by atoms with E-state index < -0.39 is 0 Å². The molecule has 8 heteroatoms. The van der Waals surface area contributed by atoms with E-state index in [1.54, 1.807) is 25.4 Å². The number of aromatic amines is 1. The molecule has 20 heavy (non-hydrogen) atoms. The summed E-state index contributed by atoms with van der Waals surface area (Å²) in [5, 5.41) is 11.2. The first-order valence-corrected chi connectivity index (χ1v) is 6.40. The number of methoxy groups -OCH3 is 1. The van der Waals surface area contributed by atoms with Crippen molar-refractivity contribution in [3.05, 3.63) is 34.7 Å².